The predicted molar refractivity (Wildman–Crippen MR) is 98.9 cm³/mol. The van der Waals surface area contributed by atoms with Gasteiger partial charge in [0.1, 0.15) is 6.07 Å². The number of amides is 1. The molecule has 0 aliphatic carbocycles. The van der Waals surface area contributed by atoms with Crippen LogP contribution in [0.5, 0.6) is 0 Å². The Hall–Kier alpha value is -1.95. The van der Waals surface area contributed by atoms with Crippen LogP contribution in [0.4, 0.5) is 0 Å². The number of carbonyl (C=O) groups is 1. The summed E-state index contributed by atoms with van der Waals surface area (Å²) in [6, 6.07) is 8.33. The third kappa shape index (κ3) is 5.80. The van der Waals surface area contributed by atoms with Crippen molar-refractivity contribution >= 4 is 15.9 Å². The highest BCUT2D eigenvalue weighted by Gasteiger charge is 2.19. The van der Waals surface area contributed by atoms with Crippen LogP contribution in [0.1, 0.15) is 38.2 Å². The Kier molecular flexibility index (Phi) is 7.57. The van der Waals surface area contributed by atoms with Crippen molar-refractivity contribution in [1.29, 1.82) is 5.26 Å². The molecule has 142 valence electrons. The molecule has 1 amide bonds. The fourth-order valence-electron chi connectivity index (χ4n) is 3.09. The van der Waals surface area contributed by atoms with Crippen molar-refractivity contribution in [3.63, 3.8) is 0 Å². The van der Waals surface area contributed by atoms with E-state index in [4.69, 9.17) is 5.26 Å². The zero-order chi connectivity index (χ0) is 19.0. The second-order valence-corrected chi connectivity index (χ2v) is 8.25. The molecule has 26 heavy (non-hydrogen) atoms. The molecule has 1 aliphatic rings. The van der Waals surface area contributed by atoms with Crippen molar-refractivity contribution in [2.24, 2.45) is 0 Å². The summed E-state index contributed by atoms with van der Waals surface area (Å²) >= 11 is 0. The maximum Gasteiger partial charge on any atom is 0.242 e. The monoisotopic (exact) mass is 378 g/mol. The van der Waals surface area contributed by atoms with Crippen molar-refractivity contribution in [3.8, 4) is 6.07 Å². The zero-order valence-corrected chi connectivity index (χ0v) is 15.9. The Morgan fingerprint density at radius 1 is 1.35 bits per heavy atom. The van der Waals surface area contributed by atoms with Gasteiger partial charge in [0.05, 0.1) is 17.0 Å². The van der Waals surface area contributed by atoms with E-state index in [0.29, 0.717) is 12.6 Å². The van der Waals surface area contributed by atoms with Gasteiger partial charge < -0.3 is 10.2 Å². The van der Waals surface area contributed by atoms with Gasteiger partial charge in [0.25, 0.3) is 0 Å². The molecule has 1 aromatic carbocycles. The highest BCUT2D eigenvalue weighted by atomic mass is 32.2. The molecule has 1 atom stereocenters. The van der Waals surface area contributed by atoms with Crippen LogP contribution >= 0.6 is 0 Å². The summed E-state index contributed by atoms with van der Waals surface area (Å²) in [5, 5.41) is 11.7. The standard InChI is InChI=1S/C18H26N4O3S/c1-15-7-4-5-11-22(15)12-6-10-20-18(23)14-21-26(24,25)17-9-3-2-8-16(17)13-19/h2-3,8-9,15,21H,4-7,10-12,14H2,1H3,(H,20,23)/t15-/m0/s1. The van der Waals surface area contributed by atoms with Gasteiger partial charge in [0.15, 0.2) is 0 Å². The summed E-state index contributed by atoms with van der Waals surface area (Å²) in [6.07, 6.45) is 4.56. The molecule has 7 nitrogen and oxygen atoms in total. The van der Waals surface area contributed by atoms with Crippen LogP contribution in [-0.4, -0.2) is 51.4 Å². The molecule has 1 heterocycles. The lowest BCUT2D eigenvalue weighted by molar-refractivity contribution is -0.119. The van der Waals surface area contributed by atoms with Crippen molar-refractivity contribution in [1.82, 2.24) is 14.9 Å². The molecule has 0 unspecified atom stereocenters. The molecule has 2 N–H and O–H groups in total. The number of nitriles is 1. The average molecular weight is 378 g/mol. The molecule has 1 aliphatic heterocycles. The van der Waals surface area contributed by atoms with Gasteiger partial charge in [-0.05, 0) is 44.9 Å². The van der Waals surface area contributed by atoms with Crippen LogP contribution in [0, 0.1) is 11.3 Å². The van der Waals surface area contributed by atoms with E-state index in [1.165, 1.54) is 37.5 Å². The van der Waals surface area contributed by atoms with E-state index in [1.807, 2.05) is 6.07 Å². The Balaban J connectivity index is 1.73. The van der Waals surface area contributed by atoms with Gasteiger partial charge >= 0.3 is 0 Å². The number of benzene rings is 1. The number of nitrogens with one attached hydrogen (secondary N) is 2. The van der Waals surface area contributed by atoms with Crippen LogP contribution in [0.15, 0.2) is 29.2 Å². The number of hydrogen-bond donors (Lipinski definition) is 2. The van der Waals surface area contributed by atoms with Gasteiger partial charge in [-0.3, -0.25) is 4.79 Å². The number of rotatable bonds is 8. The molecule has 0 saturated carbocycles. The van der Waals surface area contributed by atoms with Gasteiger partial charge in [-0.25, -0.2) is 13.1 Å². The molecule has 0 spiro atoms. The normalized spacial score (nSPS) is 18.2. The molecule has 0 bridgehead atoms. The number of likely N-dealkylation sites (tertiary alicyclic amines) is 1. The molecular weight excluding hydrogens is 352 g/mol. The van der Waals surface area contributed by atoms with Crippen molar-refractivity contribution in [3.05, 3.63) is 29.8 Å². The first kappa shape index (κ1) is 20.4. The van der Waals surface area contributed by atoms with Crippen molar-refractivity contribution in [2.75, 3.05) is 26.2 Å². The lowest BCUT2D eigenvalue weighted by atomic mass is 10.0. The van der Waals surface area contributed by atoms with Crippen molar-refractivity contribution < 1.29 is 13.2 Å². The molecule has 2 rings (SSSR count). The van der Waals surface area contributed by atoms with E-state index >= 15 is 0 Å². The second-order valence-electron chi connectivity index (χ2n) is 6.52. The quantitative estimate of drug-likeness (QED) is 0.662. The lowest BCUT2D eigenvalue weighted by Crippen LogP contribution is -2.40. The fourth-order valence-corrected chi connectivity index (χ4v) is 4.23. The van der Waals surface area contributed by atoms with Crippen LogP contribution in [-0.2, 0) is 14.8 Å². The van der Waals surface area contributed by atoms with Gasteiger partial charge in [-0.1, -0.05) is 18.6 Å². The average Bonchev–Trinajstić information content (AvgIpc) is 2.65. The van der Waals surface area contributed by atoms with Crippen LogP contribution < -0.4 is 10.0 Å². The van der Waals surface area contributed by atoms with E-state index in [2.05, 4.69) is 21.9 Å². The van der Waals surface area contributed by atoms with Gasteiger partial charge in [-0.2, -0.15) is 5.26 Å². The number of piperidine rings is 1. The molecule has 0 aromatic heterocycles. The second kappa shape index (κ2) is 9.67. The third-order valence-electron chi connectivity index (χ3n) is 4.60. The zero-order valence-electron chi connectivity index (χ0n) is 15.1. The number of hydrogen-bond acceptors (Lipinski definition) is 5. The maximum atomic E-state index is 12.2. The van der Waals surface area contributed by atoms with E-state index in [-0.39, 0.29) is 22.9 Å². The highest BCUT2D eigenvalue weighted by molar-refractivity contribution is 7.89. The van der Waals surface area contributed by atoms with Gasteiger partial charge in [0.2, 0.25) is 15.9 Å². The summed E-state index contributed by atoms with van der Waals surface area (Å²) < 4.78 is 26.7. The van der Waals surface area contributed by atoms with Crippen LogP contribution in [0.25, 0.3) is 0 Å². The fraction of sp³-hybridized carbons (Fsp3) is 0.556. The summed E-state index contributed by atoms with van der Waals surface area (Å²) in [6.45, 7) is 4.43. The Morgan fingerprint density at radius 2 is 2.12 bits per heavy atom. The lowest BCUT2D eigenvalue weighted by Gasteiger charge is -2.33. The topological polar surface area (TPSA) is 102 Å². The Bertz CT molecular complexity index is 758. The van der Waals surface area contributed by atoms with E-state index in [9.17, 15) is 13.2 Å². The molecule has 1 aromatic rings. The van der Waals surface area contributed by atoms with Crippen LogP contribution in [0.3, 0.4) is 0 Å². The van der Waals surface area contributed by atoms with Gasteiger partial charge in [0, 0.05) is 19.1 Å². The molecule has 8 heteroatoms. The minimum atomic E-state index is -3.89. The molecule has 0 radical (unpaired) electrons. The molecule has 1 saturated heterocycles. The first-order valence-corrected chi connectivity index (χ1v) is 10.4. The smallest absolute Gasteiger partial charge is 0.242 e. The van der Waals surface area contributed by atoms with Crippen LogP contribution in [0.2, 0.25) is 0 Å². The highest BCUT2D eigenvalue weighted by Crippen LogP contribution is 2.16. The van der Waals surface area contributed by atoms with E-state index in [0.717, 1.165) is 19.5 Å². The minimum absolute atomic E-state index is 0.0519. The largest absolute Gasteiger partial charge is 0.355 e. The summed E-state index contributed by atoms with van der Waals surface area (Å²) in [4.78, 5) is 14.2. The maximum absolute atomic E-state index is 12.2. The molecule has 1 fully saturated rings. The first-order valence-electron chi connectivity index (χ1n) is 8.93. The first-order chi connectivity index (χ1) is 12.4. The Morgan fingerprint density at radius 3 is 2.85 bits per heavy atom. The predicted octanol–water partition coefficient (Wildman–Crippen LogP) is 1.22. The number of nitrogens with zero attached hydrogens (tertiary/aromatic N) is 2. The minimum Gasteiger partial charge on any atom is -0.355 e. The number of sulfonamides is 1. The third-order valence-corrected chi connectivity index (χ3v) is 6.06. The Labute approximate surface area is 155 Å². The summed E-state index contributed by atoms with van der Waals surface area (Å²) in [5.74, 6) is -0.380. The summed E-state index contributed by atoms with van der Waals surface area (Å²) in [7, 11) is -3.89. The number of carbonyl (C=O) groups excluding carboxylic acids is 1. The van der Waals surface area contributed by atoms with Crippen molar-refractivity contribution in [2.45, 2.75) is 43.5 Å². The SMILES string of the molecule is C[C@H]1CCCCN1CCCNC(=O)CNS(=O)(=O)c1ccccc1C#N. The van der Waals surface area contributed by atoms with Gasteiger partial charge in [-0.15, -0.1) is 0 Å². The van der Waals surface area contributed by atoms with E-state index in [1.54, 1.807) is 6.07 Å². The summed E-state index contributed by atoms with van der Waals surface area (Å²) in [5.41, 5.74) is 0.0519. The molecular formula is C18H26N4O3S. The van der Waals surface area contributed by atoms with E-state index < -0.39 is 10.0 Å².